The van der Waals surface area contributed by atoms with Gasteiger partial charge in [0.25, 0.3) is 0 Å². The van der Waals surface area contributed by atoms with E-state index < -0.39 is 0 Å². The standard InChI is InChI=1S/C21H34N4O3/c1-2-6-18-22-19(28-23-18)10-12-21(27)25-15-13-24(14-16-25)20(26)11-9-17-7-4-3-5-8-17/h17H,2-16H2,1H3. The van der Waals surface area contributed by atoms with Gasteiger partial charge in [0.15, 0.2) is 5.82 Å². The molecule has 2 fully saturated rings. The Kier molecular flexibility index (Phi) is 7.86. The van der Waals surface area contributed by atoms with Crippen LogP contribution in [-0.2, 0) is 22.4 Å². The first-order valence-electron chi connectivity index (χ1n) is 11.0. The zero-order valence-electron chi connectivity index (χ0n) is 17.2. The van der Waals surface area contributed by atoms with Gasteiger partial charge >= 0.3 is 0 Å². The first kappa shape index (κ1) is 20.8. The third kappa shape index (κ3) is 6.04. The Morgan fingerprint density at radius 3 is 2.25 bits per heavy atom. The van der Waals surface area contributed by atoms with Crippen LogP contribution in [0.4, 0.5) is 0 Å². The van der Waals surface area contributed by atoms with E-state index in [-0.39, 0.29) is 11.8 Å². The lowest BCUT2D eigenvalue weighted by molar-refractivity contribution is -0.139. The number of carbonyl (C=O) groups excluding carboxylic acids is 2. The minimum absolute atomic E-state index is 0.101. The molecule has 2 heterocycles. The van der Waals surface area contributed by atoms with Crippen LogP contribution in [0.1, 0.15) is 76.4 Å². The van der Waals surface area contributed by atoms with Crippen LogP contribution in [0.2, 0.25) is 0 Å². The first-order chi connectivity index (χ1) is 13.7. The number of nitrogens with zero attached hydrogens (tertiary/aromatic N) is 4. The van der Waals surface area contributed by atoms with E-state index in [1.807, 2.05) is 9.80 Å². The molecule has 7 heteroatoms. The van der Waals surface area contributed by atoms with Crippen LogP contribution in [0.15, 0.2) is 4.52 Å². The quantitative estimate of drug-likeness (QED) is 0.682. The number of aryl methyl sites for hydroxylation is 2. The molecule has 7 nitrogen and oxygen atoms in total. The van der Waals surface area contributed by atoms with Gasteiger partial charge in [-0.2, -0.15) is 4.98 Å². The van der Waals surface area contributed by atoms with Crippen LogP contribution in [0.25, 0.3) is 0 Å². The highest BCUT2D eigenvalue weighted by molar-refractivity contribution is 5.78. The molecule has 1 aliphatic carbocycles. The van der Waals surface area contributed by atoms with Gasteiger partial charge in [-0.1, -0.05) is 44.2 Å². The van der Waals surface area contributed by atoms with Crippen LogP contribution in [0.3, 0.4) is 0 Å². The molecule has 1 aliphatic heterocycles. The first-order valence-corrected chi connectivity index (χ1v) is 11.0. The van der Waals surface area contributed by atoms with Crippen LogP contribution in [-0.4, -0.2) is 57.9 Å². The van der Waals surface area contributed by atoms with Crippen molar-refractivity contribution in [3.63, 3.8) is 0 Å². The van der Waals surface area contributed by atoms with Gasteiger partial charge in [0, 0.05) is 51.9 Å². The molecule has 156 valence electrons. The van der Waals surface area contributed by atoms with E-state index in [9.17, 15) is 9.59 Å². The van der Waals surface area contributed by atoms with Crippen LogP contribution >= 0.6 is 0 Å². The zero-order valence-corrected chi connectivity index (χ0v) is 17.2. The lowest BCUT2D eigenvalue weighted by Crippen LogP contribution is -2.50. The molecule has 0 unspecified atom stereocenters. The van der Waals surface area contributed by atoms with Crippen molar-refractivity contribution in [1.82, 2.24) is 19.9 Å². The molecule has 0 aromatic carbocycles. The number of piperazine rings is 1. The van der Waals surface area contributed by atoms with Crippen LogP contribution < -0.4 is 0 Å². The Morgan fingerprint density at radius 2 is 1.61 bits per heavy atom. The Hall–Kier alpha value is -1.92. The van der Waals surface area contributed by atoms with Gasteiger partial charge in [-0.05, 0) is 18.8 Å². The number of carbonyl (C=O) groups is 2. The number of rotatable bonds is 8. The van der Waals surface area contributed by atoms with Gasteiger partial charge in [-0.25, -0.2) is 0 Å². The van der Waals surface area contributed by atoms with Gasteiger partial charge in [-0.3, -0.25) is 9.59 Å². The number of hydrogen-bond donors (Lipinski definition) is 0. The Morgan fingerprint density at radius 1 is 0.964 bits per heavy atom. The van der Waals surface area contributed by atoms with Crippen molar-refractivity contribution >= 4 is 11.8 Å². The summed E-state index contributed by atoms with van der Waals surface area (Å²) < 4.78 is 5.20. The molecule has 0 bridgehead atoms. The second kappa shape index (κ2) is 10.6. The van der Waals surface area contributed by atoms with Gasteiger partial charge in [0.2, 0.25) is 17.7 Å². The molecule has 3 rings (SSSR count). The summed E-state index contributed by atoms with van der Waals surface area (Å²) in [5, 5.41) is 3.92. The molecule has 2 amide bonds. The third-order valence-corrected chi connectivity index (χ3v) is 6.01. The van der Waals surface area contributed by atoms with Gasteiger partial charge in [0.05, 0.1) is 0 Å². The number of amides is 2. The summed E-state index contributed by atoms with van der Waals surface area (Å²) in [5.41, 5.74) is 0. The minimum atomic E-state index is 0.101. The zero-order chi connectivity index (χ0) is 19.8. The van der Waals surface area contributed by atoms with E-state index in [0.29, 0.717) is 57.2 Å². The van der Waals surface area contributed by atoms with Crippen molar-refractivity contribution in [1.29, 1.82) is 0 Å². The maximum atomic E-state index is 12.5. The highest BCUT2D eigenvalue weighted by atomic mass is 16.5. The maximum absolute atomic E-state index is 12.5. The van der Waals surface area contributed by atoms with Crippen LogP contribution in [0, 0.1) is 5.92 Å². The molecule has 1 saturated heterocycles. The fraction of sp³-hybridized carbons (Fsp3) is 0.810. The molecular weight excluding hydrogens is 356 g/mol. The average Bonchev–Trinajstić information content (AvgIpc) is 3.19. The van der Waals surface area contributed by atoms with E-state index in [0.717, 1.165) is 25.2 Å². The Balaban J connectivity index is 1.34. The summed E-state index contributed by atoms with van der Waals surface area (Å²) in [4.78, 5) is 33.0. The smallest absolute Gasteiger partial charge is 0.227 e. The van der Waals surface area contributed by atoms with Gasteiger partial charge < -0.3 is 14.3 Å². The topological polar surface area (TPSA) is 79.5 Å². The fourth-order valence-electron chi connectivity index (χ4n) is 4.26. The van der Waals surface area contributed by atoms with Gasteiger partial charge in [0.1, 0.15) is 0 Å². The van der Waals surface area contributed by atoms with Gasteiger partial charge in [-0.15, -0.1) is 0 Å². The second-order valence-electron chi connectivity index (χ2n) is 8.16. The predicted molar refractivity (Wildman–Crippen MR) is 106 cm³/mol. The van der Waals surface area contributed by atoms with Crippen molar-refractivity contribution in [3.05, 3.63) is 11.7 Å². The SMILES string of the molecule is CCCc1noc(CCC(=O)N2CCN(C(=O)CCC3CCCCC3)CC2)n1. The summed E-state index contributed by atoms with van der Waals surface area (Å²) in [6, 6.07) is 0. The molecule has 1 aromatic rings. The lowest BCUT2D eigenvalue weighted by Gasteiger charge is -2.35. The molecular formula is C21H34N4O3. The molecule has 0 atom stereocenters. The normalized spacial score (nSPS) is 18.5. The van der Waals surface area contributed by atoms with E-state index in [1.54, 1.807) is 0 Å². The highest BCUT2D eigenvalue weighted by Gasteiger charge is 2.25. The van der Waals surface area contributed by atoms with Crippen molar-refractivity contribution < 1.29 is 14.1 Å². The third-order valence-electron chi connectivity index (χ3n) is 6.01. The van der Waals surface area contributed by atoms with Crippen molar-refractivity contribution in [2.24, 2.45) is 5.92 Å². The summed E-state index contributed by atoms with van der Waals surface area (Å²) in [6.07, 6.45) is 10.9. The number of hydrogen-bond acceptors (Lipinski definition) is 5. The van der Waals surface area contributed by atoms with Crippen LogP contribution in [0.5, 0.6) is 0 Å². The summed E-state index contributed by atoms with van der Waals surface area (Å²) >= 11 is 0. The monoisotopic (exact) mass is 390 g/mol. The fourth-order valence-corrected chi connectivity index (χ4v) is 4.26. The molecule has 0 radical (unpaired) electrons. The second-order valence-corrected chi connectivity index (χ2v) is 8.16. The van der Waals surface area contributed by atoms with E-state index in [1.165, 1.54) is 32.1 Å². The molecule has 1 saturated carbocycles. The number of aromatic nitrogens is 2. The lowest BCUT2D eigenvalue weighted by atomic mass is 9.86. The Labute approximate surface area is 167 Å². The molecule has 0 N–H and O–H groups in total. The highest BCUT2D eigenvalue weighted by Crippen LogP contribution is 2.27. The summed E-state index contributed by atoms with van der Waals surface area (Å²) in [7, 11) is 0. The molecule has 28 heavy (non-hydrogen) atoms. The maximum Gasteiger partial charge on any atom is 0.227 e. The predicted octanol–water partition coefficient (Wildman–Crippen LogP) is 2.99. The summed E-state index contributed by atoms with van der Waals surface area (Å²) in [6.45, 7) is 4.62. The molecule has 2 aliphatic rings. The van der Waals surface area contributed by atoms with Crippen molar-refractivity contribution in [2.75, 3.05) is 26.2 Å². The minimum Gasteiger partial charge on any atom is -0.339 e. The largest absolute Gasteiger partial charge is 0.339 e. The Bertz CT molecular complexity index is 631. The van der Waals surface area contributed by atoms with E-state index in [2.05, 4.69) is 17.1 Å². The van der Waals surface area contributed by atoms with Crippen molar-refractivity contribution in [2.45, 2.75) is 77.6 Å². The molecule has 1 aromatic heterocycles. The molecule has 0 spiro atoms. The summed E-state index contributed by atoms with van der Waals surface area (Å²) in [5.74, 6) is 2.35. The van der Waals surface area contributed by atoms with Crippen molar-refractivity contribution in [3.8, 4) is 0 Å². The van der Waals surface area contributed by atoms with E-state index in [4.69, 9.17) is 4.52 Å². The average molecular weight is 391 g/mol. The van der Waals surface area contributed by atoms with E-state index >= 15 is 0 Å².